The lowest BCUT2D eigenvalue weighted by Crippen LogP contribution is -2.43. The fourth-order valence-electron chi connectivity index (χ4n) is 2.32. The highest BCUT2D eigenvalue weighted by Gasteiger charge is 2.32. The van der Waals surface area contributed by atoms with Crippen molar-refractivity contribution in [3.8, 4) is 0 Å². The van der Waals surface area contributed by atoms with Gasteiger partial charge in [-0.1, -0.05) is 51.1 Å². The summed E-state index contributed by atoms with van der Waals surface area (Å²) in [6, 6.07) is 9.67. The zero-order valence-electron chi connectivity index (χ0n) is 15.9. The Bertz CT molecular complexity index is 542. The largest absolute Gasteiger partial charge is 0.444 e. The Morgan fingerprint density at radius 2 is 1.54 bits per heavy atom. The molecule has 0 aliphatic heterocycles. The molecule has 1 aromatic rings. The van der Waals surface area contributed by atoms with Crippen LogP contribution in [0.25, 0.3) is 0 Å². The summed E-state index contributed by atoms with van der Waals surface area (Å²) < 4.78 is 5.49. The van der Waals surface area contributed by atoms with Crippen molar-refractivity contribution in [3.63, 3.8) is 0 Å². The first-order valence-electron chi connectivity index (χ1n) is 8.66. The lowest BCUT2D eigenvalue weighted by atomic mass is 9.80. The third-order valence-electron chi connectivity index (χ3n) is 4.44. The van der Waals surface area contributed by atoms with Crippen molar-refractivity contribution in [3.05, 3.63) is 35.9 Å². The smallest absolute Gasteiger partial charge is 0.410 e. The highest BCUT2D eigenvalue weighted by molar-refractivity contribution is 5.88. The van der Waals surface area contributed by atoms with Gasteiger partial charge in [-0.25, -0.2) is 4.79 Å². The van der Waals surface area contributed by atoms with E-state index < -0.39 is 17.1 Å². The topological polar surface area (TPSA) is 46.6 Å². The third-order valence-corrected chi connectivity index (χ3v) is 4.44. The molecule has 0 N–H and O–H groups in total. The van der Waals surface area contributed by atoms with Crippen LogP contribution in [-0.2, 0) is 16.1 Å². The Hall–Kier alpha value is -1.84. The van der Waals surface area contributed by atoms with E-state index in [9.17, 15) is 9.59 Å². The van der Waals surface area contributed by atoms with E-state index in [0.717, 1.165) is 18.4 Å². The molecule has 24 heavy (non-hydrogen) atoms. The molecule has 0 saturated carbocycles. The number of carbonyl (C=O) groups excluding carboxylic acids is 2. The van der Waals surface area contributed by atoms with Gasteiger partial charge in [-0.3, -0.25) is 9.69 Å². The molecule has 134 valence electrons. The highest BCUT2D eigenvalue weighted by Crippen LogP contribution is 2.27. The first-order valence-corrected chi connectivity index (χ1v) is 8.66. The van der Waals surface area contributed by atoms with Crippen LogP contribution in [0, 0.1) is 5.41 Å². The number of rotatable bonds is 7. The summed E-state index contributed by atoms with van der Waals surface area (Å²) in [6.45, 7) is 11.9. The Kier molecular flexibility index (Phi) is 7.00. The molecule has 1 amide bonds. The van der Waals surface area contributed by atoms with E-state index in [1.165, 1.54) is 4.90 Å². The van der Waals surface area contributed by atoms with Crippen molar-refractivity contribution >= 4 is 11.9 Å². The first kappa shape index (κ1) is 20.2. The molecule has 4 heteroatoms. The second-order valence-corrected chi connectivity index (χ2v) is 7.51. The molecule has 0 atom stereocenters. The van der Waals surface area contributed by atoms with Gasteiger partial charge < -0.3 is 4.74 Å². The van der Waals surface area contributed by atoms with Crippen LogP contribution in [0.15, 0.2) is 30.3 Å². The highest BCUT2D eigenvalue weighted by atomic mass is 16.6. The van der Waals surface area contributed by atoms with E-state index in [2.05, 4.69) is 0 Å². The van der Waals surface area contributed by atoms with Crippen LogP contribution in [0.5, 0.6) is 0 Å². The van der Waals surface area contributed by atoms with Gasteiger partial charge in [0.2, 0.25) is 0 Å². The average molecular weight is 333 g/mol. The Morgan fingerprint density at radius 1 is 1.00 bits per heavy atom. The number of amides is 1. The number of hydrogen-bond donors (Lipinski definition) is 0. The molecule has 1 aromatic carbocycles. The van der Waals surface area contributed by atoms with Crippen LogP contribution in [0.3, 0.4) is 0 Å². The zero-order valence-corrected chi connectivity index (χ0v) is 15.9. The molecule has 1 rings (SSSR count). The zero-order chi connectivity index (χ0) is 18.4. The Labute approximate surface area is 146 Å². The lowest BCUT2D eigenvalue weighted by molar-refractivity contribution is -0.129. The third kappa shape index (κ3) is 5.99. The molecule has 0 aliphatic rings. The minimum absolute atomic E-state index is 0.0714. The standard InChI is InChI=1S/C20H31NO3/c1-7-20(6,8-2)17(22)15-21(18(23)24-19(3,4)5)14-16-12-10-9-11-13-16/h9-13H,7-8,14-15H2,1-6H3. The van der Waals surface area contributed by atoms with Gasteiger partial charge in [0, 0.05) is 12.0 Å². The first-order chi connectivity index (χ1) is 11.1. The van der Waals surface area contributed by atoms with E-state index in [1.54, 1.807) is 0 Å². The molecule has 0 radical (unpaired) electrons. The maximum atomic E-state index is 12.7. The summed E-state index contributed by atoms with van der Waals surface area (Å²) in [5.41, 5.74) is -0.0176. The molecule has 0 heterocycles. The van der Waals surface area contributed by atoms with Gasteiger partial charge in [0.15, 0.2) is 5.78 Å². The molecule has 0 fully saturated rings. The second-order valence-electron chi connectivity index (χ2n) is 7.51. The van der Waals surface area contributed by atoms with Crippen molar-refractivity contribution in [2.75, 3.05) is 6.54 Å². The maximum Gasteiger partial charge on any atom is 0.410 e. The molecule has 0 unspecified atom stereocenters. The van der Waals surface area contributed by atoms with Crippen molar-refractivity contribution in [1.29, 1.82) is 0 Å². The van der Waals surface area contributed by atoms with Gasteiger partial charge in [0.1, 0.15) is 5.60 Å². The summed E-state index contributed by atoms with van der Waals surface area (Å²) >= 11 is 0. The van der Waals surface area contributed by atoms with E-state index in [-0.39, 0.29) is 12.3 Å². The van der Waals surface area contributed by atoms with E-state index in [4.69, 9.17) is 4.74 Å². The molecule has 0 aliphatic carbocycles. The Balaban J connectivity index is 2.96. The number of carbonyl (C=O) groups is 2. The second kappa shape index (κ2) is 8.32. The lowest BCUT2D eigenvalue weighted by Gasteiger charge is -2.31. The molecule has 0 aromatic heterocycles. The van der Waals surface area contributed by atoms with Crippen molar-refractivity contribution in [2.24, 2.45) is 5.41 Å². The van der Waals surface area contributed by atoms with Crippen molar-refractivity contribution in [1.82, 2.24) is 4.90 Å². The fraction of sp³-hybridized carbons (Fsp3) is 0.600. The van der Waals surface area contributed by atoms with Crippen LogP contribution in [-0.4, -0.2) is 28.9 Å². The van der Waals surface area contributed by atoms with Gasteiger partial charge in [-0.15, -0.1) is 0 Å². The van der Waals surface area contributed by atoms with E-state index in [1.807, 2.05) is 71.9 Å². The number of nitrogens with zero attached hydrogens (tertiary/aromatic N) is 1. The fourth-order valence-corrected chi connectivity index (χ4v) is 2.32. The number of ether oxygens (including phenoxy) is 1. The Morgan fingerprint density at radius 3 is 2.00 bits per heavy atom. The van der Waals surface area contributed by atoms with Gasteiger partial charge >= 0.3 is 6.09 Å². The van der Waals surface area contributed by atoms with Crippen LogP contribution in [0.4, 0.5) is 4.79 Å². The number of Topliss-reactive ketones (excluding diaryl/α,β-unsaturated/α-hetero) is 1. The quantitative estimate of drug-likeness (QED) is 0.719. The SMILES string of the molecule is CCC(C)(CC)C(=O)CN(Cc1ccccc1)C(=O)OC(C)(C)C. The average Bonchev–Trinajstić information content (AvgIpc) is 2.52. The summed E-state index contributed by atoms with van der Waals surface area (Å²) in [4.78, 5) is 26.8. The van der Waals surface area contributed by atoms with Crippen LogP contribution in [0.2, 0.25) is 0 Å². The summed E-state index contributed by atoms with van der Waals surface area (Å²) in [7, 11) is 0. The van der Waals surface area contributed by atoms with E-state index >= 15 is 0 Å². The van der Waals surface area contributed by atoms with Gasteiger partial charge in [-0.2, -0.15) is 0 Å². The molecule has 0 saturated heterocycles. The summed E-state index contributed by atoms with van der Waals surface area (Å²) in [5, 5.41) is 0. The molecular weight excluding hydrogens is 302 g/mol. The van der Waals surface area contributed by atoms with Crippen molar-refractivity contribution < 1.29 is 14.3 Å². The molecular formula is C20H31NO3. The summed E-state index contributed by atoms with van der Waals surface area (Å²) in [5.74, 6) is 0.0780. The predicted molar refractivity (Wildman–Crippen MR) is 96.8 cm³/mol. The minimum Gasteiger partial charge on any atom is -0.444 e. The molecule has 0 bridgehead atoms. The van der Waals surface area contributed by atoms with Gasteiger partial charge in [0.25, 0.3) is 0 Å². The number of ketones is 1. The maximum absolute atomic E-state index is 12.7. The number of benzene rings is 1. The normalized spacial score (nSPS) is 11.9. The van der Waals surface area contributed by atoms with Gasteiger partial charge in [0.05, 0.1) is 6.54 Å². The predicted octanol–water partition coefficient (Wildman–Crippen LogP) is 4.82. The van der Waals surface area contributed by atoms with Crippen LogP contribution in [0.1, 0.15) is 59.9 Å². The number of hydrogen-bond acceptors (Lipinski definition) is 3. The molecule has 4 nitrogen and oxygen atoms in total. The van der Waals surface area contributed by atoms with Gasteiger partial charge in [-0.05, 0) is 39.2 Å². The van der Waals surface area contributed by atoms with Crippen LogP contribution < -0.4 is 0 Å². The minimum atomic E-state index is -0.589. The monoisotopic (exact) mass is 333 g/mol. The van der Waals surface area contributed by atoms with Crippen LogP contribution >= 0.6 is 0 Å². The van der Waals surface area contributed by atoms with E-state index in [0.29, 0.717) is 6.54 Å². The molecule has 0 spiro atoms. The summed E-state index contributed by atoms with van der Waals surface area (Å²) in [6.07, 6.45) is 1.07. The van der Waals surface area contributed by atoms with Crippen molar-refractivity contribution in [2.45, 2.75) is 66.5 Å².